The topological polar surface area (TPSA) is 95.5 Å². The largest absolute Gasteiger partial charge is 0.480 e. The molecule has 6 heteroatoms. The number of amides is 2. The number of nitrogens with one attached hydrogen (secondary N) is 2. The Kier molecular flexibility index (Phi) is 5.45. The summed E-state index contributed by atoms with van der Waals surface area (Å²) in [6.45, 7) is 0.346. The second-order valence-electron chi connectivity index (χ2n) is 4.36. The highest BCUT2D eigenvalue weighted by atomic mass is 16.4. The molecular formula is C11H18N2O4. The van der Waals surface area contributed by atoms with E-state index in [1.807, 2.05) is 0 Å². The summed E-state index contributed by atoms with van der Waals surface area (Å²) in [6, 6.07) is 0. The fraction of sp³-hybridized carbons (Fsp3) is 0.727. The third kappa shape index (κ3) is 4.84. The second-order valence-corrected chi connectivity index (χ2v) is 4.36. The molecule has 0 aromatic heterocycles. The molecule has 6 nitrogen and oxygen atoms in total. The number of rotatable bonds is 6. The summed E-state index contributed by atoms with van der Waals surface area (Å²) in [7, 11) is 0. The monoisotopic (exact) mass is 242 g/mol. The van der Waals surface area contributed by atoms with E-state index in [1.165, 1.54) is 0 Å². The molecule has 0 atom stereocenters. The maximum absolute atomic E-state index is 11.6. The highest BCUT2D eigenvalue weighted by Crippen LogP contribution is 2.28. The Morgan fingerprint density at radius 3 is 2.41 bits per heavy atom. The smallest absolute Gasteiger partial charge is 0.322 e. The molecule has 0 heterocycles. The van der Waals surface area contributed by atoms with Crippen molar-refractivity contribution in [3.8, 4) is 0 Å². The fourth-order valence-corrected chi connectivity index (χ4v) is 2.15. The number of carbonyl (C=O) groups is 3. The quantitative estimate of drug-likeness (QED) is 0.559. The minimum absolute atomic E-state index is 0.0816. The van der Waals surface area contributed by atoms with Crippen molar-refractivity contribution in [2.75, 3.05) is 13.1 Å². The Bertz CT molecular complexity index is 285. The van der Waals surface area contributed by atoms with Gasteiger partial charge >= 0.3 is 5.97 Å². The lowest BCUT2D eigenvalue weighted by molar-refractivity contribution is -0.138. The van der Waals surface area contributed by atoms with Gasteiger partial charge in [0, 0.05) is 12.5 Å². The molecule has 1 aliphatic carbocycles. The summed E-state index contributed by atoms with van der Waals surface area (Å²) in [5.41, 5.74) is 0. The summed E-state index contributed by atoms with van der Waals surface area (Å²) in [5.74, 6) is -0.845. The molecule has 0 spiro atoms. The van der Waals surface area contributed by atoms with Crippen molar-refractivity contribution in [3.63, 3.8) is 0 Å². The summed E-state index contributed by atoms with van der Waals surface area (Å²) >= 11 is 0. The van der Waals surface area contributed by atoms with E-state index in [4.69, 9.17) is 5.11 Å². The number of hydrogen-bond donors (Lipinski definition) is 3. The van der Waals surface area contributed by atoms with E-state index in [0.717, 1.165) is 25.7 Å². The van der Waals surface area contributed by atoms with Crippen LogP contribution in [0.5, 0.6) is 0 Å². The van der Waals surface area contributed by atoms with Crippen LogP contribution < -0.4 is 10.6 Å². The van der Waals surface area contributed by atoms with Gasteiger partial charge in [-0.3, -0.25) is 14.4 Å². The minimum atomic E-state index is -1.03. The molecule has 0 radical (unpaired) electrons. The van der Waals surface area contributed by atoms with Gasteiger partial charge in [-0.15, -0.1) is 0 Å². The molecule has 0 aromatic rings. The third-order valence-electron chi connectivity index (χ3n) is 3.12. The Morgan fingerprint density at radius 2 is 1.88 bits per heavy atom. The summed E-state index contributed by atoms with van der Waals surface area (Å²) in [4.78, 5) is 32.0. The zero-order chi connectivity index (χ0) is 12.7. The lowest BCUT2D eigenvalue weighted by atomic mass is 9.81. The lowest BCUT2D eigenvalue weighted by Crippen LogP contribution is -2.37. The fourth-order valence-electron chi connectivity index (χ4n) is 2.15. The average Bonchev–Trinajstić information content (AvgIpc) is 2.34. The van der Waals surface area contributed by atoms with E-state index in [2.05, 4.69) is 10.6 Å². The van der Waals surface area contributed by atoms with Crippen LogP contribution in [-0.4, -0.2) is 36.5 Å². The molecular weight excluding hydrogens is 224 g/mol. The first-order valence-corrected chi connectivity index (χ1v) is 5.80. The molecule has 1 saturated carbocycles. The first-order chi connectivity index (χ1) is 8.13. The highest BCUT2D eigenvalue weighted by molar-refractivity contribution is 5.82. The van der Waals surface area contributed by atoms with E-state index in [9.17, 15) is 14.4 Å². The van der Waals surface area contributed by atoms with Crippen molar-refractivity contribution in [1.29, 1.82) is 0 Å². The summed E-state index contributed by atoms with van der Waals surface area (Å²) in [6.07, 6.45) is 4.00. The van der Waals surface area contributed by atoms with E-state index in [1.54, 1.807) is 0 Å². The molecule has 1 aliphatic rings. The molecule has 1 rings (SSSR count). The SMILES string of the molecule is O=CNCC1CCC(C(=O)NCC(=O)O)CC1. The minimum Gasteiger partial charge on any atom is -0.480 e. The molecule has 2 amide bonds. The third-order valence-corrected chi connectivity index (χ3v) is 3.12. The Labute approximate surface area is 99.8 Å². The zero-order valence-corrected chi connectivity index (χ0v) is 9.65. The molecule has 96 valence electrons. The van der Waals surface area contributed by atoms with Crippen molar-refractivity contribution < 1.29 is 19.5 Å². The number of carboxylic acid groups (broad SMARTS) is 1. The average molecular weight is 242 g/mol. The predicted octanol–water partition coefficient (Wildman–Crippen LogP) is -0.260. The lowest BCUT2D eigenvalue weighted by Gasteiger charge is -2.27. The van der Waals surface area contributed by atoms with Crippen LogP contribution >= 0.6 is 0 Å². The van der Waals surface area contributed by atoms with Crippen LogP contribution in [0.4, 0.5) is 0 Å². The Morgan fingerprint density at radius 1 is 1.24 bits per heavy atom. The first-order valence-electron chi connectivity index (χ1n) is 5.80. The molecule has 17 heavy (non-hydrogen) atoms. The maximum Gasteiger partial charge on any atom is 0.322 e. The van der Waals surface area contributed by atoms with Gasteiger partial charge in [0.1, 0.15) is 6.54 Å². The molecule has 0 bridgehead atoms. The van der Waals surface area contributed by atoms with Crippen molar-refractivity contribution in [3.05, 3.63) is 0 Å². The first kappa shape index (κ1) is 13.5. The Hall–Kier alpha value is -1.59. The molecule has 3 N–H and O–H groups in total. The van der Waals surface area contributed by atoms with Gasteiger partial charge in [0.05, 0.1) is 0 Å². The maximum atomic E-state index is 11.6. The molecule has 0 saturated heterocycles. The van der Waals surface area contributed by atoms with Gasteiger partial charge < -0.3 is 15.7 Å². The van der Waals surface area contributed by atoms with Crippen LogP contribution in [-0.2, 0) is 14.4 Å². The standard InChI is InChI=1S/C11H18N2O4/c14-7-12-5-8-1-3-9(4-2-8)11(17)13-6-10(15)16/h7-9H,1-6H2,(H,12,14)(H,13,17)(H,15,16). The van der Waals surface area contributed by atoms with Crippen molar-refractivity contribution in [2.45, 2.75) is 25.7 Å². The van der Waals surface area contributed by atoms with Gasteiger partial charge in [-0.2, -0.15) is 0 Å². The number of hydrogen-bond acceptors (Lipinski definition) is 3. The Balaban J connectivity index is 2.23. The van der Waals surface area contributed by atoms with Gasteiger partial charge in [0.25, 0.3) is 0 Å². The van der Waals surface area contributed by atoms with Gasteiger partial charge in [0.2, 0.25) is 12.3 Å². The van der Waals surface area contributed by atoms with Crippen LogP contribution in [0, 0.1) is 11.8 Å². The van der Waals surface area contributed by atoms with E-state index < -0.39 is 5.97 Å². The van der Waals surface area contributed by atoms with Gasteiger partial charge in [-0.05, 0) is 31.6 Å². The number of carbonyl (C=O) groups excluding carboxylic acids is 2. The van der Waals surface area contributed by atoms with Crippen molar-refractivity contribution in [2.24, 2.45) is 11.8 Å². The normalized spacial score (nSPS) is 23.8. The molecule has 0 unspecified atom stereocenters. The predicted molar refractivity (Wildman–Crippen MR) is 60.2 cm³/mol. The zero-order valence-electron chi connectivity index (χ0n) is 9.65. The summed E-state index contributed by atoms with van der Waals surface area (Å²) < 4.78 is 0. The second kappa shape index (κ2) is 6.88. The molecule has 0 aromatic carbocycles. The molecule has 1 fully saturated rings. The van der Waals surface area contributed by atoms with Crippen molar-refractivity contribution >= 4 is 18.3 Å². The van der Waals surface area contributed by atoms with Gasteiger partial charge in [-0.1, -0.05) is 0 Å². The van der Waals surface area contributed by atoms with E-state index in [0.29, 0.717) is 18.9 Å². The van der Waals surface area contributed by atoms with Gasteiger partial charge in [0.15, 0.2) is 0 Å². The number of aliphatic carboxylic acids is 1. The number of carboxylic acids is 1. The van der Waals surface area contributed by atoms with Crippen LogP contribution in [0.25, 0.3) is 0 Å². The highest BCUT2D eigenvalue weighted by Gasteiger charge is 2.26. The van der Waals surface area contributed by atoms with Gasteiger partial charge in [-0.25, -0.2) is 0 Å². The van der Waals surface area contributed by atoms with Crippen LogP contribution in [0.3, 0.4) is 0 Å². The summed E-state index contributed by atoms with van der Waals surface area (Å²) in [5, 5.41) is 13.5. The van der Waals surface area contributed by atoms with Crippen molar-refractivity contribution in [1.82, 2.24) is 10.6 Å². The van der Waals surface area contributed by atoms with Crippen LogP contribution in [0.2, 0.25) is 0 Å². The van der Waals surface area contributed by atoms with Crippen LogP contribution in [0.15, 0.2) is 0 Å². The van der Waals surface area contributed by atoms with E-state index >= 15 is 0 Å². The van der Waals surface area contributed by atoms with E-state index in [-0.39, 0.29) is 18.4 Å². The van der Waals surface area contributed by atoms with Crippen LogP contribution in [0.1, 0.15) is 25.7 Å². The molecule has 0 aliphatic heterocycles.